The zero-order valence-corrected chi connectivity index (χ0v) is 12.5. The second kappa shape index (κ2) is 7.54. The number of hydrogen-bond donors (Lipinski definition) is 2. The van der Waals surface area contributed by atoms with E-state index in [0.717, 1.165) is 10.9 Å². The van der Waals surface area contributed by atoms with Gasteiger partial charge in [0.25, 0.3) is 0 Å². The Bertz CT molecular complexity index is 393. The first-order valence-corrected chi connectivity index (χ1v) is 7.06. The third kappa shape index (κ3) is 4.42. The molecule has 0 heterocycles. The molecule has 18 heavy (non-hydrogen) atoms. The molecule has 1 aromatic carbocycles. The second-order valence-electron chi connectivity index (χ2n) is 4.72. The van der Waals surface area contributed by atoms with Gasteiger partial charge >= 0.3 is 0 Å². The lowest BCUT2D eigenvalue weighted by atomic mass is 9.95. The van der Waals surface area contributed by atoms with E-state index in [0.29, 0.717) is 13.1 Å². The predicted molar refractivity (Wildman–Crippen MR) is 78.2 cm³/mol. The number of rotatable bonds is 6. The van der Waals surface area contributed by atoms with Crippen LogP contribution in [0.15, 0.2) is 28.7 Å². The normalized spacial score (nSPS) is 12.5. The van der Waals surface area contributed by atoms with Gasteiger partial charge in [0.05, 0.1) is 5.92 Å². The maximum Gasteiger partial charge on any atom is 0.224 e. The highest BCUT2D eigenvalue weighted by atomic mass is 79.9. The largest absolute Gasteiger partial charge is 0.355 e. The molecular weight excluding hydrogens is 292 g/mol. The monoisotopic (exact) mass is 312 g/mol. The van der Waals surface area contributed by atoms with Gasteiger partial charge in [-0.05, 0) is 24.0 Å². The molecule has 1 amide bonds. The highest BCUT2D eigenvalue weighted by Crippen LogP contribution is 2.16. The predicted octanol–water partition coefficient (Wildman–Crippen LogP) is 2.34. The zero-order chi connectivity index (χ0) is 13.5. The third-order valence-corrected chi connectivity index (χ3v) is 3.82. The van der Waals surface area contributed by atoms with Crippen LogP contribution in [0.4, 0.5) is 0 Å². The molecule has 3 N–H and O–H groups in total. The topological polar surface area (TPSA) is 55.1 Å². The van der Waals surface area contributed by atoms with Crippen LogP contribution in [-0.4, -0.2) is 19.0 Å². The fraction of sp³-hybridized carbons (Fsp3) is 0.500. The molecule has 0 saturated heterocycles. The molecule has 1 aromatic rings. The summed E-state index contributed by atoms with van der Waals surface area (Å²) in [7, 11) is 0. The van der Waals surface area contributed by atoms with Gasteiger partial charge in [-0.25, -0.2) is 0 Å². The van der Waals surface area contributed by atoms with E-state index in [4.69, 9.17) is 5.73 Å². The Labute approximate surface area is 117 Å². The Morgan fingerprint density at radius 2 is 2.06 bits per heavy atom. The van der Waals surface area contributed by atoms with Crippen molar-refractivity contribution in [3.8, 4) is 0 Å². The lowest BCUT2D eigenvalue weighted by molar-refractivity contribution is -0.125. The van der Waals surface area contributed by atoms with E-state index in [1.807, 2.05) is 32.0 Å². The molecular formula is C14H21BrN2O. The van der Waals surface area contributed by atoms with Gasteiger partial charge < -0.3 is 11.1 Å². The summed E-state index contributed by atoms with van der Waals surface area (Å²) < 4.78 is 1.08. The number of nitrogens with one attached hydrogen (secondary N) is 1. The first-order valence-electron chi connectivity index (χ1n) is 6.27. The third-order valence-electron chi connectivity index (χ3n) is 3.05. The molecule has 0 aliphatic heterocycles. The minimum absolute atomic E-state index is 0.0551. The van der Waals surface area contributed by atoms with E-state index in [2.05, 4.69) is 27.3 Å². The molecule has 0 bridgehead atoms. The van der Waals surface area contributed by atoms with Crippen molar-refractivity contribution >= 4 is 21.8 Å². The van der Waals surface area contributed by atoms with E-state index in [1.54, 1.807) is 0 Å². The first-order chi connectivity index (χ1) is 8.56. The molecule has 1 unspecified atom stereocenters. The minimum atomic E-state index is -0.0933. The molecule has 0 fully saturated rings. The molecule has 0 aliphatic carbocycles. The van der Waals surface area contributed by atoms with Crippen molar-refractivity contribution in [1.82, 2.24) is 5.32 Å². The summed E-state index contributed by atoms with van der Waals surface area (Å²) in [5.74, 6) is 0.238. The summed E-state index contributed by atoms with van der Waals surface area (Å²) in [5, 5.41) is 2.95. The number of nitrogens with two attached hydrogens (primary N) is 1. The Hall–Kier alpha value is -0.870. The Balaban J connectivity index is 2.42. The van der Waals surface area contributed by atoms with Gasteiger partial charge in [0.1, 0.15) is 0 Å². The van der Waals surface area contributed by atoms with Crippen LogP contribution < -0.4 is 11.1 Å². The maximum atomic E-state index is 11.9. The standard InChI is InChI=1S/C14H21BrN2O/c1-10(2)12(9-16)14(18)17-8-7-11-5-3-4-6-13(11)15/h3-6,10,12H,7-9,16H2,1-2H3,(H,17,18). The first kappa shape index (κ1) is 15.2. The van der Waals surface area contributed by atoms with Gasteiger partial charge in [0, 0.05) is 17.6 Å². The zero-order valence-electron chi connectivity index (χ0n) is 10.9. The van der Waals surface area contributed by atoms with E-state index < -0.39 is 0 Å². The van der Waals surface area contributed by atoms with Crippen molar-refractivity contribution in [2.45, 2.75) is 20.3 Å². The summed E-state index contributed by atoms with van der Waals surface area (Å²) in [4.78, 5) is 11.9. The van der Waals surface area contributed by atoms with Gasteiger partial charge in [-0.1, -0.05) is 48.0 Å². The number of carbonyl (C=O) groups excluding carboxylic acids is 1. The molecule has 0 radical (unpaired) electrons. The summed E-state index contributed by atoms with van der Waals surface area (Å²) >= 11 is 3.50. The summed E-state index contributed by atoms with van der Waals surface area (Å²) in [5.41, 5.74) is 6.81. The summed E-state index contributed by atoms with van der Waals surface area (Å²) in [6, 6.07) is 8.04. The fourth-order valence-corrected chi connectivity index (χ4v) is 2.32. The van der Waals surface area contributed by atoms with Crippen molar-refractivity contribution in [3.05, 3.63) is 34.3 Å². The van der Waals surface area contributed by atoms with Crippen molar-refractivity contribution < 1.29 is 4.79 Å². The number of carbonyl (C=O) groups is 1. The highest BCUT2D eigenvalue weighted by Gasteiger charge is 2.19. The average Bonchev–Trinajstić information content (AvgIpc) is 2.32. The maximum absolute atomic E-state index is 11.9. The summed E-state index contributed by atoms with van der Waals surface area (Å²) in [6.45, 7) is 5.08. The average molecular weight is 313 g/mol. The summed E-state index contributed by atoms with van der Waals surface area (Å²) in [6.07, 6.45) is 0.822. The number of halogens is 1. The molecule has 0 aromatic heterocycles. The second-order valence-corrected chi connectivity index (χ2v) is 5.57. The van der Waals surface area contributed by atoms with Gasteiger partial charge in [-0.3, -0.25) is 4.79 Å². The Kier molecular flexibility index (Phi) is 6.36. The molecule has 1 atom stereocenters. The molecule has 3 nitrogen and oxygen atoms in total. The Morgan fingerprint density at radius 1 is 1.39 bits per heavy atom. The van der Waals surface area contributed by atoms with Crippen molar-refractivity contribution in [2.24, 2.45) is 17.6 Å². The number of amides is 1. The molecule has 1 rings (SSSR count). The number of benzene rings is 1. The highest BCUT2D eigenvalue weighted by molar-refractivity contribution is 9.10. The van der Waals surface area contributed by atoms with E-state index >= 15 is 0 Å². The lowest BCUT2D eigenvalue weighted by Crippen LogP contribution is -2.38. The fourth-order valence-electron chi connectivity index (χ4n) is 1.83. The van der Waals surface area contributed by atoms with Crippen LogP contribution >= 0.6 is 15.9 Å². The van der Waals surface area contributed by atoms with Crippen LogP contribution in [-0.2, 0) is 11.2 Å². The van der Waals surface area contributed by atoms with Crippen LogP contribution in [0.1, 0.15) is 19.4 Å². The smallest absolute Gasteiger partial charge is 0.224 e. The van der Waals surface area contributed by atoms with E-state index in [9.17, 15) is 4.79 Å². The van der Waals surface area contributed by atoms with Crippen LogP contribution in [0.5, 0.6) is 0 Å². The van der Waals surface area contributed by atoms with Crippen molar-refractivity contribution in [1.29, 1.82) is 0 Å². The van der Waals surface area contributed by atoms with Crippen LogP contribution in [0, 0.1) is 11.8 Å². The van der Waals surface area contributed by atoms with Gasteiger partial charge in [-0.15, -0.1) is 0 Å². The van der Waals surface area contributed by atoms with E-state index in [-0.39, 0.29) is 17.7 Å². The minimum Gasteiger partial charge on any atom is -0.355 e. The lowest BCUT2D eigenvalue weighted by Gasteiger charge is -2.18. The van der Waals surface area contributed by atoms with Crippen LogP contribution in [0.3, 0.4) is 0 Å². The van der Waals surface area contributed by atoms with Crippen LogP contribution in [0.25, 0.3) is 0 Å². The molecule has 0 saturated carbocycles. The quantitative estimate of drug-likeness (QED) is 0.847. The molecule has 0 aliphatic rings. The van der Waals surface area contributed by atoms with Gasteiger partial charge in [0.15, 0.2) is 0 Å². The number of hydrogen-bond acceptors (Lipinski definition) is 2. The van der Waals surface area contributed by atoms with Gasteiger partial charge in [-0.2, -0.15) is 0 Å². The van der Waals surface area contributed by atoms with Crippen molar-refractivity contribution in [3.63, 3.8) is 0 Å². The van der Waals surface area contributed by atoms with Crippen molar-refractivity contribution in [2.75, 3.05) is 13.1 Å². The molecule has 100 valence electrons. The van der Waals surface area contributed by atoms with Gasteiger partial charge in [0.2, 0.25) is 5.91 Å². The van der Waals surface area contributed by atoms with Crippen LogP contribution in [0.2, 0.25) is 0 Å². The SMILES string of the molecule is CC(C)C(CN)C(=O)NCCc1ccccc1Br. The Morgan fingerprint density at radius 3 is 2.61 bits per heavy atom. The van der Waals surface area contributed by atoms with E-state index in [1.165, 1.54) is 5.56 Å². The molecule has 0 spiro atoms. The molecule has 4 heteroatoms.